The molecule has 0 N–H and O–H groups in total. The summed E-state index contributed by atoms with van der Waals surface area (Å²) in [7, 11) is 0. The van der Waals surface area contributed by atoms with E-state index < -0.39 is 5.92 Å². The van der Waals surface area contributed by atoms with Crippen molar-refractivity contribution in [3.63, 3.8) is 0 Å². The third-order valence-electron chi connectivity index (χ3n) is 4.47. The number of imide groups is 1. The van der Waals surface area contributed by atoms with Crippen molar-refractivity contribution in [2.24, 2.45) is 4.99 Å². The molecule has 0 saturated heterocycles. The van der Waals surface area contributed by atoms with Gasteiger partial charge in [-0.05, 0) is 29.3 Å². The van der Waals surface area contributed by atoms with E-state index in [1.54, 1.807) is 48.8 Å². The fourth-order valence-electron chi connectivity index (χ4n) is 3.15. The van der Waals surface area contributed by atoms with Crippen molar-refractivity contribution in [2.75, 3.05) is 4.90 Å². The van der Waals surface area contributed by atoms with Crippen LogP contribution in [-0.2, 0) is 11.3 Å². The molecule has 0 bridgehead atoms. The lowest BCUT2D eigenvalue weighted by atomic mass is 9.89. The highest BCUT2D eigenvalue weighted by molar-refractivity contribution is 6.28. The van der Waals surface area contributed by atoms with Crippen molar-refractivity contribution in [1.82, 2.24) is 4.98 Å². The number of benzene rings is 2. The van der Waals surface area contributed by atoms with Crippen molar-refractivity contribution in [2.45, 2.75) is 12.5 Å². The molecule has 3 aromatic rings. The summed E-state index contributed by atoms with van der Waals surface area (Å²) in [5.74, 6) is -0.996. The number of amides is 2. The number of hydrogen-bond donors (Lipinski definition) is 0. The second-order valence-corrected chi connectivity index (χ2v) is 6.21. The average molecular weight is 355 g/mol. The minimum atomic E-state index is -0.621. The standard InChI is InChI=1S/C22H17N3O2/c26-21-18-11-5-4-10-17(18)19(15-23-14-16-8-2-1-3-9-16)22(27)25(21)20-12-6-7-13-24-20/h1-13,15,19H,14H2. The van der Waals surface area contributed by atoms with Crippen LogP contribution in [0.2, 0.25) is 0 Å². The Morgan fingerprint density at radius 3 is 2.44 bits per heavy atom. The van der Waals surface area contributed by atoms with Gasteiger partial charge in [0.1, 0.15) is 5.82 Å². The molecule has 1 aliphatic heterocycles. The van der Waals surface area contributed by atoms with E-state index in [4.69, 9.17) is 0 Å². The molecular weight excluding hydrogens is 338 g/mol. The summed E-state index contributed by atoms with van der Waals surface area (Å²) in [5, 5.41) is 0. The van der Waals surface area contributed by atoms with Crippen molar-refractivity contribution >= 4 is 23.8 Å². The number of pyridine rings is 1. The first kappa shape index (κ1) is 16.8. The van der Waals surface area contributed by atoms with Gasteiger partial charge in [-0.25, -0.2) is 9.88 Å². The van der Waals surface area contributed by atoms with Gasteiger partial charge in [0, 0.05) is 18.0 Å². The van der Waals surface area contributed by atoms with Gasteiger partial charge in [0.2, 0.25) is 5.91 Å². The first-order valence-corrected chi connectivity index (χ1v) is 8.68. The van der Waals surface area contributed by atoms with Crippen LogP contribution in [0.25, 0.3) is 0 Å². The van der Waals surface area contributed by atoms with Gasteiger partial charge in [0.15, 0.2) is 0 Å². The molecule has 0 saturated carbocycles. The van der Waals surface area contributed by atoms with E-state index in [2.05, 4.69) is 9.98 Å². The topological polar surface area (TPSA) is 62.6 Å². The van der Waals surface area contributed by atoms with E-state index in [0.717, 1.165) is 10.5 Å². The number of hydrogen-bond acceptors (Lipinski definition) is 4. The quantitative estimate of drug-likeness (QED) is 0.530. The first-order valence-electron chi connectivity index (χ1n) is 8.68. The number of fused-ring (bicyclic) bond motifs is 1. The monoisotopic (exact) mass is 355 g/mol. The predicted octanol–water partition coefficient (Wildman–Crippen LogP) is 3.62. The summed E-state index contributed by atoms with van der Waals surface area (Å²) >= 11 is 0. The molecule has 0 spiro atoms. The highest BCUT2D eigenvalue weighted by atomic mass is 16.2. The van der Waals surface area contributed by atoms with Gasteiger partial charge in [-0.3, -0.25) is 14.6 Å². The van der Waals surface area contributed by atoms with Crippen molar-refractivity contribution in [3.8, 4) is 0 Å². The molecule has 5 nitrogen and oxygen atoms in total. The molecule has 0 radical (unpaired) electrons. The maximum atomic E-state index is 13.1. The SMILES string of the molecule is O=C1c2ccccc2C(C=NCc2ccccc2)C(=O)N1c1ccccn1. The number of carbonyl (C=O) groups is 2. The van der Waals surface area contributed by atoms with Crippen LogP contribution in [0.5, 0.6) is 0 Å². The Bertz CT molecular complexity index is 1000. The molecule has 1 unspecified atom stereocenters. The fourth-order valence-corrected chi connectivity index (χ4v) is 3.15. The van der Waals surface area contributed by atoms with Crippen LogP contribution in [-0.4, -0.2) is 23.0 Å². The summed E-state index contributed by atoms with van der Waals surface area (Å²) in [6, 6.07) is 22.1. The molecule has 132 valence electrons. The molecule has 1 atom stereocenters. The second kappa shape index (κ2) is 7.33. The van der Waals surface area contributed by atoms with Crippen LogP contribution in [0.4, 0.5) is 5.82 Å². The smallest absolute Gasteiger partial charge is 0.266 e. The Balaban J connectivity index is 1.70. The third kappa shape index (κ3) is 3.27. The van der Waals surface area contributed by atoms with Crippen LogP contribution < -0.4 is 4.90 Å². The van der Waals surface area contributed by atoms with Gasteiger partial charge in [-0.1, -0.05) is 54.6 Å². The number of nitrogens with zero attached hydrogens (tertiary/aromatic N) is 3. The molecule has 0 aliphatic carbocycles. The van der Waals surface area contributed by atoms with Crippen LogP contribution in [0.3, 0.4) is 0 Å². The Kier molecular flexibility index (Phi) is 4.58. The maximum absolute atomic E-state index is 13.1. The number of rotatable bonds is 4. The molecule has 4 rings (SSSR count). The van der Waals surface area contributed by atoms with Crippen LogP contribution in [0.15, 0.2) is 84.0 Å². The van der Waals surface area contributed by atoms with Crippen molar-refractivity contribution in [1.29, 1.82) is 0 Å². The van der Waals surface area contributed by atoms with E-state index >= 15 is 0 Å². The van der Waals surface area contributed by atoms with Gasteiger partial charge in [0.05, 0.1) is 12.5 Å². The van der Waals surface area contributed by atoms with Crippen LogP contribution in [0.1, 0.15) is 27.4 Å². The van der Waals surface area contributed by atoms with Crippen molar-refractivity contribution in [3.05, 3.63) is 95.7 Å². The lowest BCUT2D eigenvalue weighted by Crippen LogP contribution is -2.45. The summed E-state index contributed by atoms with van der Waals surface area (Å²) in [6.45, 7) is 0.477. The van der Waals surface area contributed by atoms with E-state index in [-0.39, 0.29) is 11.8 Å². The zero-order chi connectivity index (χ0) is 18.6. The van der Waals surface area contributed by atoms with E-state index in [1.165, 1.54) is 0 Å². The Labute approximate surface area is 157 Å². The molecule has 27 heavy (non-hydrogen) atoms. The van der Waals surface area contributed by atoms with Gasteiger partial charge in [0.25, 0.3) is 5.91 Å². The minimum Gasteiger partial charge on any atom is -0.292 e. The Morgan fingerprint density at radius 2 is 1.67 bits per heavy atom. The average Bonchev–Trinajstić information content (AvgIpc) is 2.72. The summed E-state index contributed by atoms with van der Waals surface area (Å²) in [4.78, 5) is 35.8. The molecule has 2 amide bonds. The lowest BCUT2D eigenvalue weighted by molar-refractivity contribution is -0.118. The fraction of sp³-hybridized carbons (Fsp3) is 0.0909. The van der Waals surface area contributed by atoms with Gasteiger partial charge in [-0.15, -0.1) is 0 Å². The normalized spacial score (nSPS) is 16.6. The molecule has 1 aromatic heterocycles. The van der Waals surface area contributed by atoms with Gasteiger partial charge < -0.3 is 0 Å². The van der Waals surface area contributed by atoms with Crippen molar-refractivity contribution < 1.29 is 9.59 Å². The minimum absolute atomic E-state index is 0.323. The molecule has 2 heterocycles. The molecule has 5 heteroatoms. The molecule has 0 fully saturated rings. The van der Waals surface area contributed by atoms with Crippen LogP contribution >= 0.6 is 0 Å². The highest BCUT2D eigenvalue weighted by Gasteiger charge is 2.39. The lowest BCUT2D eigenvalue weighted by Gasteiger charge is -2.30. The zero-order valence-electron chi connectivity index (χ0n) is 14.5. The largest absolute Gasteiger partial charge is 0.292 e. The number of aromatic nitrogens is 1. The Morgan fingerprint density at radius 1 is 0.926 bits per heavy atom. The van der Waals surface area contributed by atoms with Crippen LogP contribution in [0, 0.1) is 0 Å². The van der Waals surface area contributed by atoms with E-state index in [1.807, 2.05) is 36.4 Å². The Hall–Kier alpha value is -3.60. The predicted molar refractivity (Wildman–Crippen MR) is 104 cm³/mol. The number of aliphatic imine (C=N–C) groups is 1. The van der Waals surface area contributed by atoms with Gasteiger partial charge >= 0.3 is 0 Å². The van der Waals surface area contributed by atoms with E-state index in [0.29, 0.717) is 23.5 Å². The maximum Gasteiger partial charge on any atom is 0.266 e. The third-order valence-corrected chi connectivity index (χ3v) is 4.47. The number of anilines is 1. The summed E-state index contributed by atoms with van der Waals surface area (Å²) in [6.07, 6.45) is 3.20. The number of carbonyl (C=O) groups excluding carboxylic acids is 2. The first-order chi connectivity index (χ1) is 13.3. The molecule has 1 aliphatic rings. The summed E-state index contributed by atoms with van der Waals surface area (Å²) in [5.41, 5.74) is 2.23. The van der Waals surface area contributed by atoms with E-state index in [9.17, 15) is 9.59 Å². The summed E-state index contributed by atoms with van der Waals surface area (Å²) < 4.78 is 0. The zero-order valence-corrected chi connectivity index (χ0v) is 14.5. The van der Waals surface area contributed by atoms with Gasteiger partial charge in [-0.2, -0.15) is 0 Å². The second-order valence-electron chi connectivity index (χ2n) is 6.21. The molecular formula is C22H17N3O2. The highest BCUT2D eigenvalue weighted by Crippen LogP contribution is 2.31. The molecule has 2 aromatic carbocycles.